The van der Waals surface area contributed by atoms with Gasteiger partial charge in [-0.15, -0.1) is 0 Å². The van der Waals surface area contributed by atoms with Gasteiger partial charge in [-0.05, 0) is 13.1 Å². The maximum atomic E-state index is 9.76. The summed E-state index contributed by atoms with van der Waals surface area (Å²) in [4.78, 5) is 3.89. The third kappa shape index (κ3) is 1.38. The Labute approximate surface area is 77.2 Å². The number of piperidine rings is 1. The largest absolute Gasteiger partial charge is 0.454 e. The first kappa shape index (κ1) is 8.77. The molecule has 0 bridgehead atoms. The molecule has 3 N–H and O–H groups in total. The summed E-state index contributed by atoms with van der Waals surface area (Å²) in [6.07, 6.45) is 1.02. The lowest BCUT2D eigenvalue weighted by atomic mass is 9.91. The van der Waals surface area contributed by atoms with Crippen LogP contribution in [0.25, 0.3) is 0 Å². The standard InChI is InChI=1S/C8H15N3O2/c1-9-7-11-6(12)8(13-7)2-4-10-5-3-8/h6,10,12H,2-5H2,1H3,(H,9,11). The highest BCUT2D eigenvalue weighted by Gasteiger charge is 2.47. The Morgan fingerprint density at radius 1 is 1.54 bits per heavy atom. The van der Waals surface area contributed by atoms with Crippen LogP contribution in [0.3, 0.4) is 0 Å². The number of nitrogens with one attached hydrogen (secondary N) is 2. The van der Waals surface area contributed by atoms with Gasteiger partial charge in [0.2, 0.25) is 0 Å². The van der Waals surface area contributed by atoms with E-state index < -0.39 is 11.8 Å². The Balaban J connectivity index is 2.13. The topological polar surface area (TPSA) is 65.9 Å². The molecule has 2 fully saturated rings. The lowest BCUT2D eigenvalue weighted by molar-refractivity contribution is -0.0502. The molecule has 0 aromatic carbocycles. The minimum absolute atomic E-state index is 0.444. The van der Waals surface area contributed by atoms with Gasteiger partial charge < -0.3 is 20.5 Å². The lowest BCUT2D eigenvalue weighted by Crippen LogP contribution is -2.50. The van der Waals surface area contributed by atoms with Crippen molar-refractivity contribution in [2.24, 2.45) is 4.99 Å². The van der Waals surface area contributed by atoms with Gasteiger partial charge in [-0.25, -0.2) is 4.99 Å². The highest BCUT2D eigenvalue weighted by molar-refractivity contribution is 5.76. The molecule has 74 valence electrons. The third-order valence-corrected chi connectivity index (χ3v) is 2.71. The summed E-state index contributed by atoms with van der Waals surface area (Å²) in [5, 5.41) is 15.8. The molecule has 13 heavy (non-hydrogen) atoms. The van der Waals surface area contributed by atoms with E-state index in [1.807, 2.05) is 0 Å². The molecule has 5 nitrogen and oxygen atoms in total. The fraction of sp³-hybridized carbons (Fsp3) is 0.875. The molecule has 5 heteroatoms. The van der Waals surface area contributed by atoms with Gasteiger partial charge in [0.15, 0.2) is 11.8 Å². The normalized spacial score (nSPS) is 34.6. The monoisotopic (exact) mass is 185 g/mol. The molecule has 0 amide bonds. The maximum Gasteiger partial charge on any atom is 0.287 e. The minimum Gasteiger partial charge on any atom is -0.454 e. The molecular weight excluding hydrogens is 170 g/mol. The zero-order valence-electron chi connectivity index (χ0n) is 7.71. The van der Waals surface area contributed by atoms with E-state index in [1.165, 1.54) is 0 Å². The molecule has 0 aromatic rings. The number of hydrogen-bond donors (Lipinski definition) is 3. The van der Waals surface area contributed by atoms with Crippen molar-refractivity contribution in [2.45, 2.75) is 24.7 Å². The van der Waals surface area contributed by atoms with Gasteiger partial charge in [0, 0.05) is 19.9 Å². The number of amidine groups is 1. The van der Waals surface area contributed by atoms with Crippen LogP contribution in [0.15, 0.2) is 4.99 Å². The first-order valence-corrected chi connectivity index (χ1v) is 4.58. The molecule has 0 aromatic heterocycles. The average molecular weight is 185 g/mol. The molecule has 2 saturated heterocycles. The van der Waals surface area contributed by atoms with Gasteiger partial charge in [0.25, 0.3) is 6.02 Å². The summed E-state index contributed by atoms with van der Waals surface area (Å²) in [6.45, 7) is 1.77. The molecule has 0 aliphatic carbocycles. The minimum atomic E-state index is -0.617. The predicted molar refractivity (Wildman–Crippen MR) is 48.4 cm³/mol. The Morgan fingerprint density at radius 3 is 2.77 bits per heavy atom. The molecular formula is C8H15N3O2. The van der Waals surface area contributed by atoms with Crippen LogP contribution in [0.1, 0.15) is 12.8 Å². The van der Waals surface area contributed by atoms with E-state index in [0.717, 1.165) is 25.9 Å². The number of aliphatic hydroxyl groups excluding tert-OH is 1. The summed E-state index contributed by atoms with van der Waals surface area (Å²) in [6, 6.07) is 0.453. The van der Waals surface area contributed by atoms with E-state index in [2.05, 4.69) is 15.6 Å². The van der Waals surface area contributed by atoms with Crippen LogP contribution in [0.5, 0.6) is 0 Å². The molecule has 0 saturated carbocycles. The Hall–Kier alpha value is -0.810. The molecule has 2 rings (SSSR count). The van der Waals surface area contributed by atoms with E-state index in [4.69, 9.17) is 4.74 Å². The zero-order chi connectivity index (χ0) is 9.31. The number of aliphatic imine (C=N–C) groups is 1. The number of rotatable bonds is 0. The SMILES string of the molecule is CN=C1NC(O)C2(CCNCC2)O1. The fourth-order valence-corrected chi connectivity index (χ4v) is 1.86. The van der Waals surface area contributed by atoms with Crippen LogP contribution >= 0.6 is 0 Å². The van der Waals surface area contributed by atoms with Gasteiger partial charge >= 0.3 is 0 Å². The van der Waals surface area contributed by atoms with Crippen molar-refractivity contribution < 1.29 is 9.84 Å². The van der Waals surface area contributed by atoms with Crippen molar-refractivity contribution in [3.05, 3.63) is 0 Å². The maximum absolute atomic E-state index is 9.76. The van der Waals surface area contributed by atoms with Crippen LogP contribution in [0.4, 0.5) is 0 Å². The highest BCUT2D eigenvalue weighted by Crippen LogP contribution is 2.30. The van der Waals surface area contributed by atoms with Crippen LogP contribution < -0.4 is 10.6 Å². The summed E-state index contributed by atoms with van der Waals surface area (Å²) in [5.74, 6) is 0. The second-order valence-corrected chi connectivity index (χ2v) is 3.49. The first-order chi connectivity index (χ1) is 6.27. The molecule has 1 spiro atoms. The number of nitrogens with zero attached hydrogens (tertiary/aromatic N) is 1. The molecule has 0 radical (unpaired) electrons. The Morgan fingerprint density at radius 2 is 2.23 bits per heavy atom. The number of aliphatic hydroxyl groups is 1. The van der Waals surface area contributed by atoms with Crippen molar-refractivity contribution in [1.82, 2.24) is 10.6 Å². The quantitative estimate of drug-likeness (QED) is 0.454. The zero-order valence-corrected chi connectivity index (χ0v) is 7.71. The van der Waals surface area contributed by atoms with Crippen LogP contribution in [-0.2, 0) is 4.74 Å². The van der Waals surface area contributed by atoms with Gasteiger partial charge in [-0.3, -0.25) is 0 Å². The molecule has 2 aliphatic rings. The van der Waals surface area contributed by atoms with Gasteiger partial charge in [0.05, 0.1) is 0 Å². The van der Waals surface area contributed by atoms with Gasteiger partial charge in [-0.2, -0.15) is 0 Å². The summed E-state index contributed by atoms with van der Waals surface area (Å²) >= 11 is 0. The second kappa shape index (κ2) is 3.16. The van der Waals surface area contributed by atoms with Gasteiger partial charge in [-0.1, -0.05) is 0 Å². The lowest BCUT2D eigenvalue weighted by Gasteiger charge is -2.33. The van der Waals surface area contributed by atoms with Crippen LogP contribution in [-0.4, -0.2) is 43.1 Å². The summed E-state index contributed by atoms with van der Waals surface area (Å²) < 4.78 is 5.60. The highest BCUT2D eigenvalue weighted by atomic mass is 16.6. The van der Waals surface area contributed by atoms with E-state index in [1.54, 1.807) is 7.05 Å². The van der Waals surface area contributed by atoms with Crippen LogP contribution in [0, 0.1) is 0 Å². The molecule has 2 heterocycles. The van der Waals surface area contributed by atoms with E-state index in [-0.39, 0.29) is 0 Å². The number of hydrogen-bond acceptors (Lipinski definition) is 4. The van der Waals surface area contributed by atoms with Gasteiger partial charge in [0.1, 0.15) is 0 Å². The van der Waals surface area contributed by atoms with Crippen molar-refractivity contribution in [2.75, 3.05) is 20.1 Å². The van der Waals surface area contributed by atoms with E-state index in [0.29, 0.717) is 6.02 Å². The number of ether oxygens (including phenoxy) is 1. The summed E-state index contributed by atoms with van der Waals surface area (Å²) in [7, 11) is 1.65. The third-order valence-electron chi connectivity index (χ3n) is 2.71. The van der Waals surface area contributed by atoms with Crippen molar-refractivity contribution in [1.29, 1.82) is 0 Å². The first-order valence-electron chi connectivity index (χ1n) is 4.58. The smallest absolute Gasteiger partial charge is 0.287 e. The Kier molecular flexibility index (Phi) is 2.13. The fourth-order valence-electron chi connectivity index (χ4n) is 1.86. The van der Waals surface area contributed by atoms with Crippen molar-refractivity contribution in [3.63, 3.8) is 0 Å². The van der Waals surface area contributed by atoms with Crippen LogP contribution in [0.2, 0.25) is 0 Å². The molecule has 2 aliphatic heterocycles. The van der Waals surface area contributed by atoms with E-state index >= 15 is 0 Å². The average Bonchev–Trinajstić information content (AvgIpc) is 2.45. The second-order valence-electron chi connectivity index (χ2n) is 3.49. The van der Waals surface area contributed by atoms with Crippen molar-refractivity contribution >= 4 is 6.02 Å². The van der Waals surface area contributed by atoms with Crippen molar-refractivity contribution in [3.8, 4) is 0 Å². The Bertz CT molecular complexity index is 223. The molecule has 1 unspecified atom stereocenters. The predicted octanol–water partition coefficient (Wildman–Crippen LogP) is -0.967. The molecule has 1 atom stereocenters. The van der Waals surface area contributed by atoms with E-state index in [9.17, 15) is 5.11 Å². The summed E-state index contributed by atoms with van der Waals surface area (Å²) in [5.41, 5.74) is -0.444.